The van der Waals surface area contributed by atoms with Crippen molar-refractivity contribution in [1.29, 1.82) is 0 Å². The summed E-state index contributed by atoms with van der Waals surface area (Å²) in [5.41, 5.74) is -0.112. The van der Waals surface area contributed by atoms with Crippen LogP contribution >= 0.6 is 0 Å². The Balaban J connectivity index is 2.52. The molecule has 2 N–H and O–H groups in total. The summed E-state index contributed by atoms with van der Waals surface area (Å²) in [6, 6.07) is 0. The van der Waals surface area contributed by atoms with E-state index < -0.39 is 24.0 Å². The monoisotopic (exact) mass is 310 g/mol. The predicted octanol–water partition coefficient (Wildman–Crippen LogP) is -0.560. The van der Waals surface area contributed by atoms with E-state index in [1.54, 1.807) is 17.9 Å². The summed E-state index contributed by atoms with van der Waals surface area (Å²) in [4.78, 5) is 29.0. The molecule has 0 aliphatic carbocycles. The molecule has 8 nitrogen and oxygen atoms in total. The van der Waals surface area contributed by atoms with Crippen LogP contribution in [-0.2, 0) is 20.1 Å². The third kappa shape index (κ3) is 2.97. The number of fused-ring (bicyclic) bond motifs is 1. The predicted molar refractivity (Wildman–Crippen MR) is 81.9 cm³/mol. The van der Waals surface area contributed by atoms with Crippen LogP contribution in [0.1, 0.15) is 26.2 Å². The Morgan fingerprint density at radius 2 is 2.05 bits per heavy atom. The molecule has 1 atom stereocenters. The van der Waals surface area contributed by atoms with E-state index in [0.29, 0.717) is 17.7 Å². The maximum Gasteiger partial charge on any atom is 0.332 e. The first-order valence-electron chi connectivity index (χ1n) is 7.44. The zero-order valence-electron chi connectivity index (χ0n) is 12.9. The minimum absolute atomic E-state index is 0.0577. The maximum atomic E-state index is 12.6. The Morgan fingerprint density at radius 3 is 2.68 bits per heavy atom. The first kappa shape index (κ1) is 16.4. The van der Waals surface area contributed by atoms with Gasteiger partial charge in [-0.2, -0.15) is 0 Å². The summed E-state index contributed by atoms with van der Waals surface area (Å²) in [6.07, 6.45) is 2.67. The number of imidazole rings is 1. The summed E-state index contributed by atoms with van der Waals surface area (Å²) in [5, 5.41) is 18.3. The lowest BCUT2D eigenvalue weighted by atomic mass is 10.2. The number of aliphatic hydroxyl groups excluding tert-OH is 2. The molecule has 0 aromatic carbocycles. The van der Waals surface area contributed by atoms with Gasteiger partial charge in [-0.3, -0.25) is 13.9 Å². The number of aliphatic hydroxyl groups is 2. The third-order valence-electron chi connectivity index (χ3n) is 3.75. The summed E-state index contributed by atoms with van der Waals surface area (Å²) in [5.74, 6) is 0. The van der Waals surface area contributed by atoms with Crippen LogP contribution in [0.15, 0.2) is 15.9 Å². The van der Waals surface area contributed by atoms with Crippen LogP contribution in [0.4, 0.5) is 0 Å². The van der Waals surface area contributed by atoms with Crippen LogP contribution in [0, 0.1) is 0 Å². The van der Waals surface area contributed by atoms with E-state index in [1.807, 2.05) is 0 Å². The van der Waals surface area contributed by atoms with E-state index >= 15 is 0 Å². The van der Waals surface area contributed by atoms with Crippen LogP contribution in [0.3, 0.4) is 0 Å². The molecule has 2 aromatic heterocycles. The van der Waals surface area contributed by atoms with E-state index in [9.17, 15) is 14.7 Å². The number of unbranched alkanes of at least 4 members (excludes halogenated alkanes) is 1. The van der Waals surface area contributed by atoms with Crippen LogP contribution in [-0.4, -0.2) is 41.6 Å². The van der Waals surface area contributed by atoms with E-state index in [1.165, 1.54) is 4.57 Å². The fraction of sp³-hybridized carbons (Fsp3) is 0.643. The molecule has 0 fully saturated rings. The largest absolute Gasteiger partial charge is 0.394 e. The number of aromatic nitrogens is 4. The standard InChI is InChI=1S/C14H22N4O4/c1-3-4-6-17-9-15-12-11(17)13(21)18(14(22)16(12)2)7-5-10(20)8-19/h9-10,19-20H,3-8H2,1-2H3. The van der Waals surface area contributed by atoms with Gasteiger partial charge in [0.2, 0.25) is 0 Å². The Labute approximate surface area is 127 Å². The second-order valence-electron chi connectivity index (χ2n) is 5.39. The first-order valence-corrected chi connectivity index (χ1v) is 7.44. The van der Waals surface area contributed by atoms with Gasteiger partial charge in [0.05, 0.1) is 19.0 Å². The smallest absolute Gasteiger partial charge is 0.332 e. The first-order chi connectivity index (χ1) is 10.5. The second-order valence-corrected chi connectivity index (χ2v) is 5.39. The average molecular weight is 310 g/mol. The van der Waals surface area contributed by atoms with Gasteiger partial charge in [0.1, 0.15) is 0 Å². The molecule has 2 aromatic rings. The molecule has 0 radical (unpaired) electrons. The Kier molecular flexibility index (Phi) is 5.15. The summed E-state index contributed by atoms with van der Waals surface area (Å²) >= 11 is 0. The zero-order chi connectivity index (χ0) is 16.3. The molecule has 22 heavy (non-hydrogen) atoms. The lowest BCUT2D eigenvalue weighted by Gasteiger charge is -2.11. The van der Waals surface area contributed by atoms with Crippen molar-refractivity contribution in [2.45, 2.75) is 45.4 Å². The van der Waals surface area contributed by atoms with Gasteiger partial charge in [-0.25, -0.2) is 9.78 Å². The molecule has 122 valence electrons. The van der Waals surface area contributed by atoms with Crippen LogP contribution in [0.5, 0.6) is 0 Å². The normalized spacial score (nSPS) is 12.9. The lowest BCUT2D eigenvalue weighted by molar-refractivity contribution is 0.0840. The topological polar surface area (TPSA) is 102 Å². The average Bonchev–Trinajstić information content (AvgIpc) is 2.94. The molecule has 0 spiro atoms. The van der Waals surface area contributed by atoms with Gasteiger partial charge >= 0.3 is 5.69 Å². The highest BCUT2D eigenvalue weighted by Gasteiger charge is 2.16. The van der Waals surface area contributed by atoms with Gasteiger partial charge in [0.25, 0.3) is 5.56 Å². The molecule has 2 heterocycles. The number of nitrogens with zero attached hydrogens (tertiary/aromatic N) is 4. The van der Waals surface area contributed by atoms with Gasteiger partial charge in [-0.1, -0.05) is 13.3 Å². The quantitative estimate of drug-likeness (QED) is 0.714. The summed E-state index contributed by atoms with van der Waals surface area (Å²) in [6.45, 7) is 2.39. The Morgan fingerprint density at radius 1 is 1.32 bits per heavy atom. The maximum absolute atomic E-state index is 12.6. The van der Waals surface area contributed by atoms with Crippen molar-refractivity contribution >= 4 is 11.2 Å². The molecule has 8 heteroatoms. The van der Waals surface area contributed by atoms with Crippen molar-refractivity contribution < 1.29 is 10.2 Å². The molecule has 1 unspecified atom stereocenters. The van der Waals surface area contributed by atoms with Gasteiger partial charge in [-0.05, 0) is 12.8 Å². The van der Waals surface area contributed by atoms with Crippen molar-refractivity contribution in [3.63, 3.8) is 0 Å². The SMILES string of the molecule is CCCCn1cnc2c1c(=O)n(CCC(O)CO)c(=O)n2C. The molecule has 2 rings (SSSR count). The van der Waals surface area contributed by atoms with E-state index in [2.05, 4.69) is 11.9 Å². The second kappa shape index (κ2) is 6.89. The zero-order valence-corrected chi connectivity index (χ0v) is 12.9. The molecule has 0 bridgehead atoms. The van der Waals surface area contributed by atoms with Crippen molar-refractivity contribution in [3.8, 4) is 0 Å². The Hall–Kier alpha value is -1.93. The summed E-state index contributed by atoms with van der Waals surface area (Å²) < 4.78 is 4.19. The highest BCUT2D eigenvalue weighted by atomic mass is 16.3. The molecule has 0 saturated heterocycles. The van der Waals surface area contributed by atoms with Crippen LogP contribution in [0.2, 0.25) is 0 Å². The minimum Gasteiger partial charge on any atom is -0.394 e. The van der Waals surface area contributed by atoms with E-state index in [-0.39, 0.29) is 13.0 Å². The van der Waals surface area contributed by atoms with Crippen molar-refractivity contribution in [2.75, 3.05) is 6.61 Å². The van der Waals surface area contributed by atoms with Gasteiger partial charge < -0.3 is 14.8 Å². The van der Waals surface area contributed by atoms with Gasteiger partial charge in [0, 0.05) is 20.1 Å². The van der Waals surface area contributed by atoms with Crippen LogP contribution in [0.25, 0.3) is 11.2 Å². The Bertz CT molecular complexity index is 759. The number of hydrogen-bond acceptors (Lipinski definition) is 5. The lowest BCUT2D eigenvalue weighted by Crippen LogP contribution is -2.40. The van der Waals surface area contributed by atoms with Crippen molar-refractivity contribution in [1.82, 2.24) is 18.7 Å². The van der Waals surface area contributed by atoms with Crippen LogP contribution < -0.4 is 11.2 Å². The number of hydrogen-bond donors (Lipinski definition) is 2. The number of aryl methyl sites for hydroxylation is 2. The highest BCUT2D eigenvalue weighted by molar-refractivity contribution is 5.69. The molecular weight excluding hydrogens is 288 g/mol. The number of rotatable bonds is 7. The molecule has 0 aliphatic heterocycles. The van der Waals surface area contributed by atoms with Crippen molar-refractivity contribution in [2.24, 2.45) is 7.05 Å². The fourth-order valence-corrected chi connectivity index (χ4v) is 2.39. The minimum atomic E-state index is -0.947. The third-order valence-corrected chi connectivity index (χ3v) is 3.75. The molecule has 0 aliphatic rings. The van der Waals surface area contributed by atoms with E-state index in [4.69, 9.17) is 5.11 Å². The van der Waals surface area contributed by atoms with Crippen molar-refractivity contribution in [3.05, 3.63) is 27.2 Å². The highest BCUT2D eigenvalue weighted by Crippen LogP contribution is 2.07. The summed E-state index contributed by atoms with van der Waals surface area (Å²) in [7, 11) is 1.57. The van der Waals surface area contributed by atoms with E-state index in [0.717, 1.165) is 17.4 Å². The molecule has 0 saturated carbocycles. The van der Waals surface area contributed by atoms with Gasteiger partial charge in [-0.15, -0.1) is 0 Å². The molecule has 0 amide bonds. The van der Waals surface area contributed by atoms with Gasteiger partial charge in [0.15, 0.2) is 11.2 Å². The molecular formula is C14H22N4O4. The fourth-order valence-electron chi connectivity index (χ4n) is 2.39.